The second-order valence-corrected chi connectivity index (χ2v) is 15.5. The largest absolute Gasteiger partial charge is 0.456 e. The zero-order chi connectivity index (χ0) is 38.6. The molecule has 13 rings (SSSR count). The molecule has 0 aliphatic heterocycles. The fraction of sp³-hybridized carbons (Fsp3) is 0. The normalized spacial score (nSPS) is 12.1. The van der Waals surface area contributed by atoms with E-state index in [1.165, 1.54) is 27.1 Å². The van der Waals surface area contributed by atoms with Crippen molar-refractivity contribution in [2.75, 3.05) is 0 Å². The van der Waals surface area contributed by atoms with Crippen LogP contribution in [0.2, 0.25) is 0 Å². The van der Waals surface area contributed by atoms with E-state index in [-0.39, 0.29) is 0 Å². The first-order valence-electron chi connectivity index (χ1n) is 20.1. The fourth-order valence-electron chi connectivity index (χ4n) is 9.70. The minimum absolute atomic E-state index is 0.829. The molecular formula is C56H32O3. The SMILES string of the molecule is c1ccc(-c2oc3ccc4oc5c(-c6c7ccccc7c(-c7ccc8c(c7)oc7cc9ccccc9cc78)c7ccccc67)cccc5c4c3c2-c2ccccc2)cc1. The minimum Gasteiger partial charge on any atom is -0.456 e. The van der Waals surface area contributed by atoms with Crippen LogP contribution in [-0.4, -0.2) is 0 Å². The summed E-state index contributed by atoms with van der Waals surface area (Å²) < 4.78 is 20.4. The Kier molecular flexibility index (Phi) is 6.72. The van der Waals surface area contributed by atoms with Gasteiger partial charge >= 0.3 is 0 Å². The van der Waals surface area contributed by atoms with E-state index in [2.05, 4.69) is 188 Å². The maximum Gasteiger partial charge on any atom is 0.143 e. The first kappa shape index (κ1) is 32.2. The summed E-state index contributed by atoms with van der Waals surface area (Å²) in [4.78, 5) is 0. The molecule has 0 atom stereocenters. The quantitative estimate of drug-likeness (QED) is 0.168. The van der Waals surface area contributed by atoms with Gasteiger partial charge in [-0.2, -0.15) is 0 Å². The Labute approximate surface area is 337 Å². The Bertz CT molecular complexity index is 3770. The van der Waals surface area contributed by atoms with Gasteiger partial charge in [-0.25, -0.2) is 0 Å². The van der Waals surface area contributed by atoms with E-state index >= 15 is 0 Å². The van der Waals surface area contributed by atoms with E-state index in [4.69, 9.17) is 13.3 Å². The first-order chi connectivity index (χ1) is 29.3. The average Bonchev–Trinajstić information content (AvgIpc) is 3.99. The van der Waals surface area contributed by atoms with Gasteiger partial charge in [0.1, 0.15) is 33.7 Å². The third-order valence-electron chi connectivity index (χ3n) is 12.2. The van der Waals surface area contributed by atoms with Crippen molar-refractivity contribution in [1.82, 2.24) is 0 Å². The molecule has 0 unspecified atom stereocenters. The third kappa shape index (κ3) is 4.70. The Morgan fingerprint density at radius 3 is 1.56 bits per heavy atom. The van der Waals surface area contributed by atoms with Crippen LogP contribution < -0.4 is 0 Å². The molecule has 0 bridgehead atoms. The topological polar surface area (TPSA) is 39.4 Å². The Hall–Kier alpha value is -7.88. The molecule has 59 heavy (non-hydrogen) atoms. The summed E-state index contributed by atoms with van der Waals surface area (Å²) in [7, 11) is 0. The molecule has 0 saturated carbocycles. The van der Waals surface area contributed by atoms with Crippen LogP contribution >= 0.6 is 0 Å². The number of furan rings is 3. The molecule has 3 heteroatoms. The molecule has 0 radical (unpaired) electrons. The van der Waals surface area contributed by atoms with Crippen LogP contribution in [0.15, 0.2) is 207 Å². The predicted molar refractivity (Wildman–Crippen MR) is 245 cm³/mol. The Balaban J connectivity index is 1.07. The van der Waals surface area contributed by atoms with E-state index in [1.54, 1.807) is 0 Å². The highest BCUT2D eigenvalue weighted by atomic mass is 16.3. The lowest BCUT2D eigenvalue weighted by molar-refractivity contribution is 0.632. The number of fused-ring (bicyclic) bond motifs is 11. The molecule has 274 valence electrons. The van der Waals surface area contributed by atoms with Crippen LogP contribution in [0.5, 0.6) is 0 Å². The summed E-state index contributed by atoms with van der Waals surface area (Å²) in [5, 5.41) is 12.5. The van der Waals surface area contributed by atoms with Crippen molar-refractivity contribution in [1.29, 1.82) is 0 Å². The van der Waals surface area contributed by atoms with Gasteiger partial charge in [-0.1, -0.05) is 158 Å². The molecule has 0 amide bonds. The van der Waals surface area contributed by atoms with Gasteiger partial charge in [0.25, 0.3) is 0 Å². The van der Waals surface area contributed by atoms with Crippen LogP contribution in [0.3, 0.4) is 0 Å². The van der Waals surface area contributed by atoms with Gasteiger partial charge in [0, 0.05) is 49.2 Å². The highest BCUT2D eigenvalue weighted by Gasteiger charge is 2.25. The second kappa shape index (κ2) is 12.3. The lowest BCUT2D eigenvalue weighted by Gasteiger charge is -2.17. The van der Waals surface area contributed by atoms with Crippen molar-refractivity contribution < 1.29 is 13.3 Å². The number of hydrogen-bond acceptors (Lipinski definition) is 3. The number of rotatable bonds is 4. The Morgan fingerprint density at radius 2 is 0.847 bits per heavy atom. The van der Waals surface area contributed by atoms with Crippen molar-refractivity contribution in [3.05, 3.63) is 194 Å². The lowest BCUT2D eigenvalue weighted by Crippen LogP contribution is -1.91. The molecule has 13 aromatic rings. The molecule has 0 N–H and O–H groups in total. The summed E-state index contributed by atoms with van der Waals surface area (Å²) in [6, 6.07) is 68.8. The van der Waals surface area contributed by atoms with Crippen LogP contribution in [-0.2, 0) is 0 Å². The maximum atomic E-state index is 7.02. The van der Waals surface area contributed by atoms with Crippen molar-refractivity contribution in [2.45, 2.75) is 0 Å². The number of hydrogen-bond donors (Lipinski definition) is 0. The third-order valence-corrected chi connectivity index (χ3v) is 12.2. The molecular weight excluding hydrogens is 721 g/mol. The van der Waals surface area contributed by atoms with Crippen LogP contribution in [0.1, 0.15) is 0 Å². The summed E-state index contributed by atoms with van der Waals surface area (Å²) in [5.41, 5.74) is 12.0. The van der Waals surface area contributed by atoms with Crippen molar-refractivity contribution in [2.24, 2.45) is 0 Å². The van der Waals surface area contributed by atoms with E-state index in [9.17, 15) is 0 Å². The minimum atomic E-state index is 0.829. The monoisotopic (exact) mass is 752 g/mol. The van der Waals surface area contributed by atoms with Gasteiger partial charge < -0.3 is 13.3 Å². The lowest BCUT2D eigenvalue weighted by atomic mass is 9.85. The summed E-state index contributed by atoms with van der Waals surface area (Å²) >= 11 is 0. The van der Waals surface area contributed by atoms with Crippen LogP contribution in [0.25, 0.3) is 132 Å². The highest BCUT2D eigenvalue weighted by Crippen LogP contribution is 2.50. The van der Waals surface area contributed by atoms with Gasteiger partial charge in [0.15, 0.2) is 0 Å². The molecule has 0 spiro atoms. The average molecular weight is 753 g/mol. The molecule has 3 nitrogen and oxygen atoms in total. The van der Waals surface area contributed by atoms with E-state index in [0.29, 0.717) is 0 Å². The van der Waals surface area contributed by atoms with Gasteiger partial charge in [-0.15, -0.1) is 0 Å². The molecule has 0 fully saturated rings. The fourth-order valence-corrected chi connectivity index (χ4v) is 9.70. The van der Waals surface area contributed by atoms with Gasteiger partial charge in [0.2, 0.25) is 0 Å². The summed E-state index contributed by atoms with van der Waals surface area (Å²) in [6.07, 6.45) is 0. The molecule has 0 aliphatic carbocycles. The first-order valence-corrected chi connectivity index (χ1v) is 20.1. The smallest absolute Gasteiger partial charge is 0.143 e. The summed E-state index contributed by atoms with van der Waals surface area (Å²) in [6.45, 7) is 0. The molecule has 0 saturated heterocycles. The van der Waals surface area contributed by atoms with E-state index in [0.717, 1.165) is 105 Å². The van der Waals surface area contributed by atoms with E-state index in [1.807, 2.05) is 6.07 Å². The predicted octanol–water partition coefficient (Wildman–Crippen LogP) is 16.4. The van der Waals surface area contributed by atoms with Gasteiger partial charge in [-0.05, 0) is 85.4 Å². The maximum absolute atomic E-state index is 7.02. The standard InChI is InChI=1S/C56H32O3/c1-3-14-33(15-4-1)51-54-47(58-55(51)34-16-5-2-6-17-34)29-28-46-53(54)44-25-13-24-43(56(44)59-46)52-41-22-11-9-20-39(41)50(40-21-10-12-23-42(40)52)37-26-27-38-45-30-35-18-7-8-19-36(35)31-49(45)57-48(38)32-37/h1-32H. The molecule has 3 aromatic heterocycles. The van der Waals surface area contributed by atoms with Gasteiger partial charge in [0.05, 0.1) is 0 Å². The number of benzene rings is 10. The molecule has 10 aromatic carbocycles. The zero-order valence-corrected chi connectivity index (χ0v) is 31.7. The van der Waals surface area contributed by atoms with Crippen molar-refractivity contribution in [3.63, 3.8) is 0 Å². The highest BCUT2D eigenvalue weighted by molar-refractivity contribution is 6.28. The second-order valence-electron chi connectivity index (χ2n) is 15.5. The Morgan fingerprint density at radius 1 is 0.271 bits per heavy atom. The van der Waals surface area contributed by atoms with E-state index < -0.39 is 0 Å². The number of para-hydroxylation sites is 1. The van der Waals surface area contributed by atoms with Crippen molar-refractivity contribution >= 4 is 87.2 Å². The van der Waals surface area contributed by atoms with Crippen molar-refractivity contribution in [3.8, 4) is 44.7 Å². The van der Waals surface area contributed by atoms with Crippen LogP contribution in [0.4, 0.5) is 0 Å². The molecule has 0 aliphatic rings. The zero-order valence-electron chi connectivity index (χ0n) is 31.7. The summed E-state index contributed by atoms with van der Waals surface area (Å²) in [5.74, 6) is 0.853. The van der Waals surface area contributed by atoms with Gasteiger partial charge in [-0.3, -0.25) is 0 Å². The van der Waals surface area contributed by atoms with Crippen LogP contribution in [0, 0.1) is 0 Å². The molecule has 3 heterocycles.